The lowest BCUT2D eigenvalue weighted by atomic mass is 9.87. The van der Waals surface area contributed by atoms with Crippen molar-refractivity contribution in [1.29, 1.82) is 0 Å². The van der Waals surface area contributed by atoms with Crippen LogP contribution in [0.5, 0.6) is 0 Å². The Morgan fingerprint density at radius 2 is 0.426 bits per heavy atom. The highest BCUT2D eigenvalue weighted by atomic mass is 19.4. The van der Waals surface area contributed by atoms with E-state index in [1.165, 1.54) is 0 Å². The summed E-state index contributed by atoms with van der Waals surface area (Å²) in [6.45, 7) is 0. The molecule has 0 aromatic carbocycles. The fourth-order valence-electron chi connectivity index (χ4n) is 2.65. The molecule has 36 heteroatoms. The van der Waals surface area contributed by atoms with Crippen molar-refractivity contribution in [3.05, 3.63) is 0 Å². The Balaban J connectivity index is 0. The third-order valence-corrected chi connectivity index (χ3v) is 5.90. The molecular weight excluding hydrogens is 888 g/mol. The Bertz CT molecular complexity index is 1200. The molecule has 4 N–H and O–H groups in total. The first-order valence-electron chi connectivity index (χ1n) is 11.4. The monoisotopic (exact) mass is 896 g/mol. The van der Waals surface area contributed by atoms with Crippen molar-refractivity contribution >= 4 is 0 Å². The zero-order valence-electron chi connectivity index (χ0n) is 23.2. The molecule has 328 valence electrons. The molecule has 0 radical (unpaired) electrons. The second-order valence-electron chi connectivity index (χ2n) is 9.65. The minimum absolute atomic E-state index is 3.99. The number of hydrogen-bond donors (Lipinski definition) is 4. The minimum Gasteiger partial charge on any atom is -0.362 e. The van der Waals surface area contributed by atoms with E-state index in [1.807, 2.05) is 0 Å². The van der Waals surface area contributed by atoms with Gasteiger partial charge in [0.05, 0.1) is 0 Å². The molecule has 54 heavy (non-hydrogen) atoms. The number of aliphatic hydroxyl groups excluding tert-OH is 1. The predicted octanol–water partition coefficient (Wildman–Crippen LogP) is 8.02. The highest BCUT2D eigenvalue weighted by molar-refractivity contribution is 5.17. The van der Waals surface area contributed by atoms with E-state index >= 15 is 0 Å². The lowest BCUT2D eigenvalue weighted by molar-refractivity contribution is -0.485. The Kier molecular flexibility index (Phi) is 14.1. The van der Waals surface area contributed by atoms with Crippen molar-refractivity contribution in [3.8, 4) is 0 Å². The van der Waals surface area contributed by atoms with E-state index < -0.39 is 108 Å². The molecule has 0 saturated carbocycles. The SMILES string of the molecule is OC(F)(F)C(F)(F)C(F)(F)C(F)(F)C(F)(F)C(F)(F)C(F)(F)C(F)(F)C(F)(F)C(O)(F)F.OC(F)C(F)C(F)C(F)C(F)(F)C(F)(F)C(F)(F)C(O)(F)F. The van der Waals surface area contributed by atoms with Crippen LogP contribution in [0.3, 0.4) is 0 Å². The normalized spacial score (nSPS) is 18.4. The Morgan fingerprint density at radius 3 is 0.593 bits per heavy atom. The smallest absolute Gasteiger partial charge is 0.362 e. The molecule has 0 fully saturated rings. The van der Waals surface area contributed by atoms with Crippen LogP contribution in [0.4, 0.5) is 140 Å². The molecule has 4 atom stereocenters. The molecule has 0 aliphatic rings. The maximum absolute atomic E-state index is 13.2. The maximum atomic E-state index is 13.2. The first-order chi connectivity index (χ1) is 22.7. The van der Waals surface area contributed by atoms with Crippen LogP contribution in [0.15, 0.2) is 0 Å². The van der Waals surface area contributed by atoms with E-state index in [9.17, 15) is 140 Å². The summed E-state index contributed by atoms with van der Waals surface area (Å²) in [5.74, 6) is -92.0. The fraction of sp³-hybridized carbons (Fsp3) is 1.00. The molecule has 0 rings (SSSR count). The first-order valence-corrected chi connectivity index (χ1v) is 11.4. The molecule has 0 bridgehead atoms. The van der Waals surface area contributed by atoms with Gasteiger partial charge in [-0.15, -0.1) is 0 Å². The van der Waals surface area contributed by atoms with Gasteiger partial charge in [0.2, 0.25) is 12.5 Å². The van der Waals surface area contributed by atoms with Gasteiger partial charge in [-0.25, -0.2) is 17.6 Å². The summed E-state index contributed by atoms with van der Waals surface area (Å²) >= 11 is 0. The van der Waals surface area contributed by atoms with Gasteiger partial charge < -0.3 is 20.4 Å². The zero-order chi connectivity index (χ0) is 45.3. The molecule has 0 saturated heterocycles. The topological polar surface area (TPSA) is 80.9 Å². The van der Waals surface area contributed by atoms with Crippen LogP contribution in [-0.2, 0) is 0 Å². The largest absolute Gasteiger partial charge is 0.423 e. The number of aliphatic hydroxyl groups is 4. The average Bonchev–Trinajstić information content (AvgIpc) is 2.93. The third-order valence-electron chi connectivity index (χ3n) is 5.90. The van der Waals surface area contributed by atoms with Crippen LogP contribution in [0.1, 0.15) is 0 Å². The van der Waals surface area contributed by atoms with Gasteiger partial charge >= 0.3 is 83.5 Å². The van der Waals surface area contributed by atoms with E-state index in [0.29, 0.717) is 0 Å². The van der Waals surface area contributed by atoms with Gasteiger partial charge in [-0.1, -0.05) is 0 Å². The maximum Gasteiger partial charge on any atom is 0.423 e. The van der Waals surface area contributed by atoms with Crippen LogP contribution in [0.25, 0.3) is 0 Å². The molecule has 0 amide bonds. The van der Waals surface area contributed by atoms with Gasteiger partial charge in [-0.3, -0.25) is 0 Å². The Labute approximate surface area is 270 Å². The lowest BCUT2D eigenvalue weighted by Crippen LogP contribution is -2.77. The number of hydrogen-bond acceptors (Lipinski definition) is 4. The number of halogens is 32. The Morgan fingerprint density at radius 1 is 0.259 bits per heavy atom. The van der Waals surface area contributed by atoms with Gasteiger partial charge in [0.25, 0.3) is 0 Å². The van der Waals surface area contributed by atoms with E-state index in [-0.39, 0.29) is 0 Å². The fourth-order valence-corrected chi connectivity index (χ4v) is 2.65. The van der Waals surface area contributed by atoms with Crippen LogP contribution in [0.2, 0.25) is 0 Å². The summed E-state index contributed by atoms with van der Waals surface area (Å²) in [5, 5.41) is 30.1. The minimum atomic E-state index is -9.15. The van der Waals surface area contributed by atoms with Crippen molar-refractivity contribution in [2.75, 3.05) is 0 Å². The van der Waals surface area contributed by atoms with Crippen molar-refractivity contribution in [3.63, 3.8) is 0 Å². The van der Waals surface area contributed by atoms with E-state index in [4.69, 9.17) is 20.4 Å². The van der Waals surface area contributed by atoms with Gasteiger partial charge in [-0.2, -0.15) is 123 Å². The molecule has 0 aromatic heterocycles. The quantitative estimate of drug-likeness (QED) is 0.119. The molecule has 0 heterocycles. The molecule has 0 aromatic rings. The van der Waals surface area contributed by atoms with E-state index in [2.05, 4.69) is 0 Å². The molecule has 0 spiro atoms. The highest BCUT2D eigenvalue weighted by Gasteiger charge is 2.98. The van der Waals surface area contributed by atoms with Gasteiger partial charge in [0.1, 0.15) is 0 Å². The summed E-state index contributed by atoms with van der Waals surface area (Å²) in [6, 6.07) is 0. The Hall–Kier alpha value is -2.40. The van der Waals surface area contributed by atoms with E-state index in [1.54, 1.807) is 0 Å². The van der Waals surface area contributed by atoms with Crippen LogP contribution >= 0.6 is 0 Å². The predicted molar refractivity (Wildman–Crippen MR) is 97.7 cm³/mol. The summed E-state index contributed by atoms with van der Waals surface area (Å²) in [7, 11) is 0. The van der Waals surface area contributed by atoms with Crippen molar-refractivity contribution in [2.45, 2.75) is 108 Å². The van der Waals surface area contributed by atoms with Gasteiger partial charge in [0, 0.05) is 0 Å². The second-order valence-corrected chi connectivity index (χ2v) is 9.65. The summed E-state index contributed by atoms with van der Waals surface area (Å²) in [5.41, 5.74) is 0. The average molecular weight is 896 g/mol. The van der Waals surface area contributed by atoms with Crippen molar-refractivity contribution < 1.29 is 161 Å². The van der Waals surface area contributed by atoms with Gasteiger partial charge in [0.15, 0.2) is 12.3 Å². The molecule has 4 unspecified atom stereocenters. The molecular formula is C18H8F32O4. The second kappa shape index (κ2) is 14.2. The molecule has 4 nitrogen and oxygen atoms in total. The number of alkyl halides is 32. The molecule has 0 aliphatic heterocycles. The van der Waals surface area contributed by atoms with Crippen LogP contribution < -0.4 is 0 Å². The van der Waals surface area contributed by atoms with Crippen molar-refractivity contribution in [2.24, 2.45) is 0 Å². The number of rotatable bonds is 16. The highest BCUT2D eigenvalue weighted by Crippen LogP contribution is 2.66. The van der Waals surface area contributed by atoms with Gasteiger partial charge in [-0.05, 0) is 0 Å². The molecule has 0 aliphatic carbocycles. The van der Waals surface area contributed by atoms with Crippen LogP contribution in [0, 0.1) is 0 Å². The third kappa shape index (κ3) is 7.67. The summed E-state index contributed by atoms with van der Waals surface area (Å²) in [6.07, 6.45) is -39.8. The summed E-state index contributed by atoms with van der Waals surface area (Å²) < 4.78 is 405. The first kappa shape index (κ1) is 53.7. The zero-order valence-corrected chi connectivity index (χ0v) is 23.2. The lowest BCUT2D eigenvalue weighted by Gasteiger charge is -2.44. The standard InChI is InChI=1S/C10H2F20O2.C8H6F12O2/c11-1(12,3(15,16)5(19,20)7(23,24)9(27,28)31)2(13,14)4(17,18)6(21,22)8(25,26)10(29,30)32;9-1(2(10)4(12)21)3(11)5(13,14)6(15,16)7(17,18)8(19,20)22/h31-32H;1-4,21-22H. The summed E-state index contributed by atoms with van der Waals surface area (Å²) in [4.78, 5) is 0. The van der Waals surface area contributed by atoms with Crippen molar-refractivity contribution in [1.82, 2.24) is 0 Å². The van der Waals surface area contributed by atoms with E-state index in [0.717, 1.165) is 0 Å². The van der Waals surface area contributed by atoms with Crippen LogP contribution in [-0.4, -0.2) is 129 Å².